The van der Waals surface area contributed by atoms with Crippen molar-refractivity contribution < 1.29 is 31.4 Å². The van der Waals surface area contributed by atoms with Gasteiger partial charge >= 0.3 is 6.18 Å². The molecular weight excluding hydrogens is 581 g/mol. The third-order valence-corrected chi connectivity index (χ3v) is 10.2. The number of piperazine rings is 1. The monoisotopic (exact) mass is 612 g/mol. The van der Waals surface area contributed by atoms with Gasteiger partial charge in [-0.3, -0.25) is 4.90 Å². The van der Waals surface area contributed by atoms with Crippen molar-refractivity contribution in [1.82, 2.24) is 19.9 Å². The molecule has 10 nitrogen and oxygen atoms in total. The van der Waals surface area contributed by atoms with E-state index in [1.165, 1.54) is 6.07 Å². The van der Waals surface area contributed by atoms with Crippen molar-refractivity contribution in [2.24, 2.45) is 0 Å². The highest BCUT2D eigenvalue weighted by atomic mass is 32.2. The van der Waals surface area contributed by atoms with Crippen molar-refractivity contribution in [3.8, 4) is 10.6 Å². The number of nitrogens with zero attached hydrogens (tertiary/aromatic N) is 5. The van der Waals surface area contributed by atoms with Gasteiger partial charge in [0.1, 0.15) is 11.4 Å². The van der Waals surface area contributed by atoms with Crippen molar-refractivity contribution in [2.45, 2.75) is 44.0 Å². The molecule has 0 aromatic carbocycles. The molecule has 2 aliphatic heterocycles. The summed E-state index contributed by atoms with van der Waals surface area (Å²) in [6, 6.07) is 5.15. The van der Waals surface area contributed by atoms with Gasteiger partial charge in [0.2, 0.25) is 5.95 Å². The predicted octanol–water partition coefficient (Wildman–Crippen LogP) is 3.73. The Morgan fingerprint density at radius 2 is 2.05 bits per heavy atom. The second-order valence-electron chi connectivity index (χ2n) is 9.92. The Labute approximate surface area is 240 Å². The quantitative estimate of drug-likeness (QED) is 0.408. The number of alkyl halides is 3. The Balaban J connectivity index is 1.45. The lowest BCUT2D eigenvalue weighted by atomic mass is 10.1. The van der Waals surface area contributed by atoms with Crippen LogP contribution in [0.4, 0.5) is 30.6 Å². The summed E-state index contributed by atoms with van der Waals surface area (Å²) in [6.07, 6.45) is -3.48. The van der Waals surface area contributed by atoms with Crippen molar-refractivity contribution in [1.29, 1.82) is 0 Å². The van der Waals surface area contributed by atoms with E-state index >= 15 is 0 Å². The summed E-state index contributed by atoms with van der Waals surface area (Å²) in [6.45, 7) is 7.10. The molecule has 3 aromatic heterocycles. The minimum Gasteiger partial charge on any atom is -0.395 e. The van der Waals surface area contributed by atoms with E-state index in [9.17, 15) is 26.7 Å². The van der Waals surface area contributed by atoms with E-state index in [4.69, 9.17) is 9.72 Å². The number of halogens is 3. The zero-order valence-electron chi connectivity index (χ0n) is 22.6. The molecule has 222 valence electrons. The first-order valence-corrected chi connectivity index (χ1v) is 15.7. The predicted molar refractivity (Wildman–Crippen MR) is 149 cm³/mol. The highest BCUT2D eigenvalue weighted by molar-refractivity contribution is 7.91. The van der Waals surface area contributed by atoms with Gasteiger partial charge in [0.05, 0.1) is 52.4 Å². The topological polar surface area (TPSA) is 121 Å². The number of pyridine rings is 1. The standard InChI is InChI=1S/C26H31F3N6O4S2/c1-3-18-19(4-5-23(31-18)35-7-6-34(8-9-36)16(2)14-35)32-25-30-13-17(26(27,28)29)24(33-25)20-12-22-21(40-20)15-39-10-11-41(22,37)38/h4-5,12-13,16,36H,3,6-11,14-15H2,1-2H3,(H,30,32,33). The lowest BCUT2D eigenvalue weighted by Crippen LogP contribution is -2.52. The van der Waals surface area contributed by atoms with Gasteiger partial charge in [0, 0.05) is 43.3 Å². The second kappa shape index (κ2) is 11.8. The number of aryl methyl sites for hydroxylation is 1. The third kappa shape index (κ3) is 6.33. The van der Waals surface area contributed by atoms with E-state index < -0.39 is 27.3 Å². The molecule has 3 aromatic rings. The van der Waals surface area contributed by atoms with Gasteiger partial charge in [-0.25, -0.2) is 23.4 Å². The summed E-state index contributed by atoms with van der Waals surface area (Å²) in [7, 11) is -3.69. The van der Waals surface area contributed by atoms with Crippen LogP contribution in [0.25, 0.3) is 10.6 Å². The Bertz CT molecular complexity index is 1520. The molecule has 15 heteroatoms. The van der Waals surface area contributed by atoms with Crippen LogP contribution in [0.15, 0.2) is 29.3 Å². The van der Waals surface area contributed by atoms with Gasteiger partial charge in [-0.1, -0.05) is 6.92 Å². The minimum absolute atomic E-state index is 0.00388. The van der Waals surface area contributed by atoms with Gasteiger partial charge in [0.15, 0.2) is 9.84 Å². The number of hydrogen-bond acceptors (Lipinski definition) is 11. The maximum absolute atomic E-state index is 14.0. The summed E-state index contributed by atoms with van der Waals surface area (Å²) in [5, 5.41) is 12.3. The molecule has 41 heavy (non-hydrogen) atoms. The van der Waals surface area contributed by atoms with Crippen LogP contribution in [0.3, 0.4) is 0 Å². The van der Waals surface area contributed by atoms with Gasteiger partial charge in [-0.05, 0) is 31.5 Å². The zero-order chi connectivity index (χ0) is 29.4. The highest BCUT2D eigenvalue weighted by Crippen LogP contribution is 2.42. The first kappa shape index (κ1) is 29.6. The van der Waals surface area contributed by atoms with Crippen molar-refractivity contribution >= 4 is 38.6 Å². The first-order chi connectivity index (χ1) is 19.5. The molecule has 1 fully saturated rings. The molecule has 0 saturated carbocycles. The molecule has 0 amide bonds. The lowest BCUT2D eigenvalue weighted by molar-refractivity contribution is -0.137. The number of β-amino-alcohol motifs (C(OH)–C–C–N with tert-alkyl or cyclic N) is 1. The molecule has 1 atom stereocenters. The summed E-state index contributed by atoms with van der Waals surface area (Å²) in [5.41, 5.74) is -0.201. The van der Waals surface area contributed by atoms with E-state index in [0.717, 1.165) is 36.8 Å². The van der Waals surface area contributed by atoms with Crippen molar-refractivity contribution in [2.75, 3.05) is 55.4 Å². The summed E-state index contributed by atoms with van der Waals surface area (Å²) in [4.78, 5) is 17.7. The average Bonchev–Trinajstić information content (AvgIpc) is 3.31. The molecule has 0 radical (unpaired) electrons. The molecule has 0 bridgehead atoms. The van der Waals surface area contributed by atoms with Gasteiger partial charge in [0.25, 0.3) is 0 Å². The smallest absolute Gasteiger partial charge is 0.395 e. The number of aliphatic hydroxyl groups is 1. The van der Waals surface area contributed by atoms with Gasteiger partial charge in [-0.15, -0.1) is 11.3 Å². The SMILES string of the molecule is CCc1nc(N2CCN(CCO)C(C)C2)ccc1Nc1ncc(C(F)(F)F)c(-c2cc3c(s2)COCCS3(=O)=O)n1. The maximum atomic E-state index is 14.0. The highest BCUT2D eigenvalue weighted by Gasteiger charge is 2.37. The van der Waals surface area contributed by atoms with Crippen LogP contribution in [-0.2, 0) is 33.8 Å². The van der Waals surface area contributed by atoms with Crippen LogP contribution in [0.5, 0.6) is 0 Å². The fraction of sp³-hybridized carbons (Fsp3) is 0.500. The number of sulfone groups is 1. The molecule has 0 aliphatic carbocycles. The number of aromatic nitrogens is 3. The molecule has 0 spiro atoms. The first-order valence-electron chi connectivity index (χ1n) is 13.2. The largest absolute Gasteiger partial charge is 0.420 e. The number of thiophene rings is 1. The fourth-order valence-corrected chi connectivity index (χ4v) is 7.84. The average molecular weight is 613 g/mol. The number of aliphatic hydroxyl groups excluding tert-OH is 1. The van der Waals surface area contributed by atoms with E-state index in [1.54, 1.807) is 0 Å². The molecule has 1 saturated heterocycles. The number of ether oxygens (including phenoxy) is 1. The van der Waals surface area contributed by atoms with E-state index in [1.807, 2.05) is 19.1 Å². The Hall–Kier alpha value is -2.85. The van der Waals surface area contributed by atoms with Crippen LogP contribution < -0.4 is 10.2 Å². The zero-order valence-corrected chi connectivity index (χ0v) is 24.2. The molecular formula is C26H31F3N6O4S2. The van der Waals surface area contributed by atoms with Crippen molar-refractivity contribution in [3.05, 3.63) is 40.5 Å². The summed E-state index contributed by atoms with van der Waals surface area (Å²) >= 11 is 0.921. The number of rotatable bonds is 7. The number of hydrogen-bond donors (Lipinski definition) is 2. The Morgan fingerprint density at radius 1 is 1.24 bits per heavy atom. The van der Waals surface area contributed by atoms with E-state index in [-0.39, 0.29) is 47.3 Å². The fourth-order valence-electron chi connectivity index (χ4n) is 5.01. The van der Waals surface area contributed by atoms with Crippen LogP contribution >= 0.6 is 11.3 Å². The Morgan fingerprint density at radius 3 is 2.76 bits per heavy atom. The van der Waals surface area contributed by atoms with E-state index in [0.29, 0.717) is 35.4 Å². The Kier molecular flexibility index (Phi) is 8.53. The minimum atomic E-state index is -4.75. The van der Waals surface area contributed by atoms with Gasteiger partial charge in [-0.2, -0.15) is 13.2 Å². The van der Waals surface area contributed by atoms with Crippen molar-refractivity contribution in [3.63, 3.8) is 0 Å². The lowest BCUT2D eigenvalue weighted by Gasteiger charge is -2.40. The third-order valence-electron chi connectivity index (χ3n) is 7.18. The molecule has 2 aliphatic rings. The molecule has 1 unspecified atom stereocenters. The van der Waals surface area contributed by atoms with Gasteiger partial charge < -0.3 is 20.1 Å². The molecule has 5 rings (SSSR count). The normalized spacial score (nSPS) is 19.6. The summed E-state index contributed by atoms with van der Waals surface area (Å²) < 4.78 is 72.5. The number of fused-ring (bicyclic) bond motifs is 1. The van der Waals surface area contributed by atoms with Crippen LogP contribution in [0.1, 0.15) is 30.0 Å². The summed E-state index contributed by atoms with van der Waals surface area (Å²) in [5.74, 6) is 0.491. The van der Waals surface area contributed by atoms with E-state index in [2.05, 4.69) is 32.0 Å². The molecule has 5 heterocycles. The second-order valence-corrected chi connectivity index (χ2v) is 13.1. The maximum Gasteiger partial charge on any atom is 0.420 e. The molecule has 2 N–H and O–H groups in total. The van der Waals surface area contributed by atoms with Crippen LogP contribution in [0, 0.1) is 0 Å². The number of anilines is 3. The van der Waals surface area contributed by atoms with Crippen LogP contribution in [0.2, 0.25) is 0 Å². The van der Waals surface area contributed by atoms with Crippen LogP contribution in [-0.4, -0.2) is 84.6 Å². The number of nitrogens with one attached hydrogen (secondary N) is 1.